The summed E-state index contributed by atoms with van der Waals surface area (Å²) in [5.74, 6) is -0.181. The molecule has 0 aliphatic carbocycles. The number of anilines is 1. The van der Waals surface area contributed by atoms with E-state index in [2.05, 4.69) is 5.32 Å². The van der Waals surface area contributed by atoms with Gasteiger partial charge in [-0.05, 0) is 37.5 Å². The van der Waals surface area contributed by atoms with E-state index in [1.54, 1.807) is 19.9 Å². The van der Waals surface area contributed by atoms with Crippen LogP contribution in [0, 0.1) is 20.8 Å². The molecule has 1 aliphatic heterocycles. The van der Waals surface area contributed by atoms with Crippen molar-refractivity contribution >= 4 is 31.3 Å². The first kappa shape index (κ1) is 18.2. The SMILES string of the molecule is Cc1cc(C)c(S(=O)(=O)Cl)c(C)c1NC(=O)CN1CCOCC1. The number of benzene rings is 1. The van der Waals surface area contributed by atoms with Gasteiger partial charge in [-0.1, -0.05) is 6.07 Å². The lowest BCUT2D eigenvalue weighted by Gasteiger charge is -2.26. The summed E-state index contributed by atoms with van der Waals surface area (Å²) in [4.78, 5) is 14.3. The smallest absolute Gasteiger partial charge is 0.261 e. The summed E-state index contributed by atoms with van der Waals surface area (Å²) >= 11 is 0. The summed E-state index contributed by atoms with van der Waals surface area (Å²) in [5.41, 5.74) is 2.35. The van der Waals surface area contributed by atoms with E-state index in [0.717, 1.165) is 5.56 Å². The molecule has 1 amide bonds. The van der Waals surface area contributed by atoms with Gasteiger partial charge < -0.3 is 10.1 Å². The zero-order valence-corrected chi connectivity index (χ0v) is 15.1. The normalized spacial score (nSPS) is 16.3. The number of rotatable bonds is 4. The van der Waals surface area contributed by atoms with E-state index in [4.69, 9.17) is 15.4 Å². The Morgan fingerprint density at radius 3 is 2.43 bits per heavy atom. The van der Waals surface area contributed by atoms with E-state index in [1.807, 2.05) is 11.8 Å². The number of hydrogen-bond donors (Lipinski definition) is 1. The summed E-state index contributed by atoms with van der Waals surface area (Å²) in [5, 5.41) is 2.82. The van der Waals surface area contributed by atoms with Crippen LogP contribution in [0.1, 0.15) is 16.7 Å². The van der Waals surface area contributed by atoms with Crippen LogP contribution in [0.25, 0.3) is 0 Å². The van der Waals surface area contributed by atoms with Gasteiger partial charge in [0.2, 0.25) is 5.91 Å². The molecule has 128 valence electrons. The molecule has 0 unspecified atom stereocenters. The largest absolute Gasteiger partial charge is 0.379 e. The topological polar surface area (TPSA) is 75.7 Å². The molecule has 1 aliphatic rings. The Morgan fingerprint density at radius 1 is 1.26 bits per heavy atom. The number of morpholine rings is 1. The highest BCUT2D eigenvalue weighted by Crippen LogP contribution is 2.32. The van der Waals surface area contributed by atoms with Gasteiger partial charge in [-0.3, -0.25) is 9.69 Å². The average molecular weight is 361 g/mol. The molecule has 0 saturated carbocycles. The van der Waals surface area contributed by atoms with Crippen molar-refractivity contribution in [2.75, 3.05) is 38.2 Å². The molecule has 1 saturated heterocycles. The summed E-state index contributed by atoms with van der Waals surface area (Å²) in [6, 6.07) is 1.71. The minimum absolute atomic E-state index is 0.0615. The van der Waals surface area contributed by atoms with Gasteiger partial charge in [-0.25, -0.2) is 8.42 Å². The van der Waals surface area contributed by atoms with Crippen LogP contribution in [-0.2, 0) is 18.6 Å². The molecule has 1 fully saturated rings. The lowest BCUT2D eigenvalue weighted by atomic mass is 10.0. The van der Waals surface area contributed by atoms with Gasteiger partial charge in [-0.2, -0.15) is 0 Å². The van der Waals surface area contributed by atoms with Crippen molar-refractivity contribution in [3.63, 3.8) is 0 Å². The van der Waals surface area contributed by atoms with Gasteiger partial charge in [0.15, 0.2) is 0 Å². The molecule has 1 aromatic rings. The van der Waals surface area contributed by atoms with Crippen LogP contribution in [0.15, 0.2) is 11.0 Å². The maximum absolute atomic E-state index is 12.3. The van der Waals surface area contributed by atoms with E-state index in [9.17, 15) is 13.2 Å². The van der Waals surface area contributed by atoms with Crippen LogP contribution in [0.2, 0.25) is 0 Å². The van der Waals surface area contributed by atoms with E-state index in [1.165, 1.54) is 0 Å². The second-order valence-electron chi connectivity index (χ2n) is 5.71. The molecule has 0 bridgehead atoms. The third kappa shape index (κ3) is 4.44. The predicted molar refractivity (Wildman–Crippen MR) is 89.6 cm³/mol. The van der Waals surface area contributed by atoms with Crippen LogP contribution in [0.4, 0.5) is 5.69 Å². The van der Waals surface area contributed by atoms with Gasteiger partial charge in [0, 0.05) is 29.5 Å². The number of aryl methyl sites for hydroxylation is 2. The number of carbonyl (C=O) groups excluding carboxylic acids is 1. The fourth-order valence-corrected chi connectivity index (χ4v) is 4.50. The Balaban J connectivity index is 2.24. The number of nitrogens with zero attached hydrogens (tertiary/aromatic N) is 1. The first-order valence-corrected chi connectivity index (χ1v) is 9.66. The van der Waals surface area contributed by atoms with Crippen molar-refractivity contribution < 1.29 is 17.9 Å². The van der Waals surface area contributed by atoms with Gasteiger partial charge >= 0.3 is 0 Å². The number of ether oxygens (including phenoxy) is 1. The van der Waals surface area contributed by atoms with Crippen molar-refractivity contribution in [1.29, 1.82) is 0 Å². The molecular formula is C15H21ClN2O4S. The lowest BCUT2D eigenvalue weighted by molar-refractivity contribution is -0.118. The van der Waals surface area contributed by atoms with Crippen molar-refractivity contribution in [2.24, 2.45) is 0 Å². The molecule has 1 N–H and O–H groups in total. The zero-order valence-electron chi connectivity index (χ0n) is 13.5. The monoisotopic (exact) mass is 360 g/mol. The van der Waals surface area contributed by atoms with E-state index < -0.39 is 9.05 Å². The Hall–Kier alpha value is -1.15. The fraction of sp³-hybridized carbons (Fsp3) is 0.533. The minimum atomic E-state index is -3.87. The number of hydrogen-bond acceptors (Lipinski definition) is 5. The summed E-state index contributed by atoms with van der Waals surface area (Å²) < 4.78 is 28.8. The van der Waals surface area contributed by atoms with Gasteiger partial charge in [-0.15, -0.1) is 0 Å². The molecule has 6 nitrogen and oxygen atoms in total. The second kappa shape index (κ2) is 7.17. The standard InChI is InChI=1S/C15H21ClN2O4S/c1-10-8-11(2)15(23(16,20)21)12(3)14(10)17-13(19)9-18-4-6-22-7-5-18/h8H,4-7,9H2,1-3H3,(H,17,19). The van der Waals surface area contributed by atoms with Crippen molar-refractivity contribution in [1.82, 2.24) is 4.90 Å². The maximum atomic E-state index is 12.3. The van der Waals surface area contributed by atoms with Crippen LogP contribution in [0.3, 0.4) is 0 Å². The minimum Gasteiger partial charge on any atom is -0.379 e. The summed E-state index contributed by atoms with van der Waals surface area (Å²) in [7, 11) is 1.65. The van der Waals surface area contributed by atoms with Crippen molar-refractivity contribution in [3.8, 4) is 0 Å². The third-order valence-corrected chi connectivity index (χ3v) is 5.46. The van der Waals surface area contributed by atoms with Gasteiger partial charge in [0.1, 0.15) is 0 Å². The highest BCUT2D eigenvalue weighted by molar-refractivity contribution is 8.13. The third-order valence-electron chi connectivity index (χ3n) is 3.88. The number of nitrogens with one attached hydrogen (secondary N) is 1. The maximum Gasteiger partial charge on any atom is 0.261 e. The van der Waals surface area contributed by atoms with E-state index in [0.29, 0.717) is 43.1 Å². The van der Waals surface area contributed by atoms with Crippen LogP contribution in [0.5, 0.6) is 0 Å². The number of amides is 1. The quantitative estimate of drug-likeness (QED) is 0.829. The van der Waals surface area contributed by atoms with Gasteiger partial charge in [0.25, 0.3) is 9.05 Å². The predicted octanol–water partition coefficient (Wildman–Crippen LogP) is 1.81. The molecule has 1 heterocycles. The van der Waals surface area contributed by atoms with Crippen LogP contribution in [-0.4, -0.2) is 52.1 Å². The lowest BCUT2D eigenvalue weighted by Crippen LogP contribution is -2.41. The molecular weight excluding hydrogens is 340 g/mol. The highest BCUT2D eigenvalue weighted by atomic mass is 35.7. The first-order valence-electron chi connectivity index (χ1n) is 7.35. The average Bonchev–Trinajstić information content (AvgIpc) is 2.42. The molecule has 8 heteroatoms. The highest BCUT2D eigenvalue weighted by Gasteiger charge is 2.22. The van der Waals surface area contributed by atoms with E-state index >= 15 is 0 Å². The molecule has 23 heavy (non-hydrogen) atoms. The molecule has 2 rings (SSSR count). The summed E-state index contributed by atoms with van der Waals surface area (Å²) in [6.45, 7) is 8.07. The zero-order chi connectivity index (χ0) is 17.2. The second-order valence-corrected chi connectivity index (χ2v) is 8.22. The first-order chi connectivity index (χ1) is 10.7. The Bertz CT molecular complexity index is 713. The molecule has 0 aromatic heterocycles. The van der Waals surface area contributed by atoms with Gasteiger partial charge in [0.05, 0.1) is 24.7 Å². The number of halogens is 1. The number of carbonyl (C=O) groups is 1. The van der Waals surface area contributed by atoms with Crippen LogP contribution >= 0.6 is 10.7 Å². The molecule has 0 atom stereocenters. The Morgan fingerprint density at radius 2 is 1.87 bits per heavy atom. The van der Waals surface area contributed by atoms with Crippen molar-refractivity contribution in [2.45, 2.75) is 25.7 Å². The molecule has 1 aromatic carbocycles. The molecule has 0 radical (unpaired) electrons. The Labute approximate surface area is 141 Å². The summed E-state index contributed by atoms with van der Waals surface area (Å²) in [6.07, 6.45) is 0. The van der Waals surface area contributed by atoms with E-state index in [-0.39, 0.29) is 17.3 Å². The van der Waals surface area contributed by atoms with Crippen LogP contribution < -0.4 is 5.32 Å². The Kier molecular flexibility index (Phi) is 5.67. The molecule has 0 spiro atoms. The fourth-order valence-electron chi connectivity index (χ4n) is 2.88. The van der Waals surface area contributed by atoms with Crippen molar-refractivity contribution in [3.05, 3.63) is 22.8 Å².